The molecule has 0 aromatic heterocycles. The Labute approximate surface area is 109 Å². The van der Waals surface area contributed by atoms with Crippen molar-refractivity contribution in [3.63, 3.8) is 0 Å². The van der Waals surface area contributed by atoms with Crippen molar-refractivity contribution in [2.75, 3.05) is 32.1 Å². The number of nitrogens with one attached hydrogen (secondary N) is 1. The lowest BCUT2D eigenvalue weighted by Crippen LogP contribution is -2.31. The molecule has 0 spiro atoms. The van der Waals surface area contributed by atoms with Crippen LogP contribution in [0.25, 0.3) is 0 Å². The lowest BCUT2D eigenvalue weighted by Gasteiger charge is -2.16. The van der Waals surface area contributed by atoms with E-state index in [9.17, 15) is 4.79 Å². The van der Waals surface area contributed by atoms with Gasteiger partial charge in [0.2, 0.25) is 5.91 Å². The summed E-state index contributed by atoms with van der Waals surface area (Å²) in [5.41, 5.74) is 3.12. The Hall–Kier alpha value is -1.39. The molecule has 1 aromatic rings. The molecule has 4 heteroatoms. The Morgan fingerprint density at radius 1 is 1.39 bits per heavy atom. The highest BCUT2D eigenvalue weighted by Crippen LogP contribution is 2.15. The van der Waals surface area contributed by atoms with E-state index in [-0.39, 0.29) is 12.5 Å². The van der Waals surface area contributed by atoms with Crippen LogP contribution >= 0.6 is 0 Å². The molecule has 0 heterocycles. The number of carbonyl (C=O) groups excluding carboxylic acids is 1. The zero-order chi connectivity index (χ0) is 13.5. The van der Waals surface area contributed by atoms with Crippen LogP contribution in [0.4, 0.5) is 5.69 Å². The summed E-state index contributed by atoms with van der Waals surface area (Å²) in [6.07, 6.45) is 0.688. The highest BCUT2D eigenvalue weighted by molar-refractivity contribution is 5.92. The summed E-state index contributed by atoms with van der Waals surface area (Å²) < 4.78 is 0. The van der Waals surface area contributed by atoms with Crippen molar-refractivity contribution in [2.45, 2.75) is 20.3 Å². The van der Waals surface area contributed by atoms with Gasteiger partial charge < -0.3 is 10.4 Å². The molecule has 1 amide bonds. The molecule has 18 heavy (non-hydrogen) atoms. The van der Waals surface area contributed by atoms with Crippen LogP contribution in [-0.2, 0) is 4.79 Å². The average Bonchev–Trinajstić information content (AvgIpc) is 2.30. The Balaban J connectivity index is 2.49. The molecule has 0 unspecified atom stereocenters. The first-order chi connectivity index (χ1) is 8.52. The van der Waals surface area contributed by atoms with E-state index in [4.69, 9.17) is 5.11 Å². The second-order valence-electron chi connectivity index (χ2n) is 4.68. The van der Waals surface area contributed by atoms with Crippen molar-refractivity contribution in [3.8, 4) is 0 Å². The number of aryl methyl sites for hydroxylation is 2. The first-order valence-corrected chi connectivity index (χ1v) is 6.19. The molecule has 1 aromatic carbocycles. The number of hydrogen-bond acceptors (Lipinski definition) is 3. The van der Waals surface area contributed by atoms with Crippen LogP contribution in [0.5, 0.6) is 0 Å². The SMILES string of the molecule is Cc1ccc(NC(=O)CN(C)CCCO)c(C)c1. The molecule has 0 saturated carbocycles. The largest absolute Gasteiger partial charge is 0.396 e. The van der Waals surface area contributed by atoms with Crippen LogP contribution in [0.15, 0.2) is 18.2 Å². The number of anilines is 1. The van der Waals surface area contributed by atoms with Gasteiger partial charge >= 0.3 is 0 Å². The van der Waals surface area contributed by atoms with Crippen LogP contribution < -0.4 is 5.32 Å². The van der Waals surface area contributed by atoms with Gasteiger partial charge in [-0.15, -0.1) is 0 Å². The molecule has 1 rings (SSSR count). The molecule has 0 radical (unpaired) electrons. The molecule has 2 N–H and O–H groups in total. The van der Waals surface area contributed by atoms with Gasteiger partial charge in [-0.25, -0.2) is 0 Å². The topological polar surface area (TPSA) is 52.6 Å². The van der Waals surface area contributed by atoms with E-state index in [0.29, 0.717) is 13.0 Å². The van der Waals surface area contributed by atoms with E-state index < -0.39 is 0 Å². The van der Waals surface area contributed by atoms with E-state index in [1.807, 2.05) is 44.0 Å². The molecule has 100 valence electrons. The Morgan fingerprint density at radius 3 is 2.72 bits per heavy atom. The first-order valence-electron chi connectivity index (χ1n) is 6.19. The Bertz CT molecular complexity index is 405. The second kappa shape index (κ2) is 7.13. The number of benzene rings is 1. The van der Waals surface area contributed by atoms with Crippen molar-refractivity contribution >= 4 is 11.6 Å². The minimum Gasteiger partial charge on any atom is -0.396 e. The number of hydrogen-bond donors (Lipinski definition) is 2. The maximum absolute atomic E-state index is 11.8. The van der Waals surface area contributed by atoms with E-state index in [1.165, 1.54) is 5.56 Å². The summed E-state index contributed by atoms with van der Waals surface area (Å²) in [4.78, 5) is 13.7. The summed E-state index contributed by atoms with van der Waals surface area (Å²) in [6, 6.07) is 5.96. The van der Waals surface area contributed by atoms with Crippen LogP contribution in [0, 0.1) is 13.8 Å². The zero-order valence-corrected chi connectivity index (χ0v) is 11.4. The molecule has 0 atom stereocenters. The van der Waals surface area contributed by atoms with Gasteiger partial charge in [0, 0.05) is 18.8 Å². The maximum atomic E-state index is 11.8. The van der Waals surface area contributed by atoms with Crippen LogP contribution in [0.2, 0.25) is 0 Å². The smallest absolute Gasteiger partial charge is 0.238 e. The highest BCUT2D eigenvalue weighted by Gasteiger charge is 2.07. The van der Waals surface area contributed by atoms with Crippen molar-refractivity contribution in [2.24, 2.45) is 0 Å². The van der Waals surface area contributed by atoms with Gasteiger partial charge in [-0.05, 0) is 38.9 Å². The predicted molar refractivity (Wildman–Crippen MR) is 73.7 cm³/mol. The normalized spacial score (nSPS) is 10.7. The van der Waals surface area contributed by atoms with E-state index in [0.717, 1.165) is 17.8 Å². The van der Waals surface area contributed by atoms with E-state index in [2.05, 4.69) is 5.32 Å². The number of aliphatic hydroxyl groups excluding tert-OH is 1. The minimum atomic E-state index is -0.0256. The van der Waals surface area contributed by atoms with Gasteiger partial charge in [0.15, 0.2) is 0 Å². The summed E-state index contributed by atoms with van der Waals surface area (Å²) in [6.45, 7) is 5.23. The number of amides is 1. The molecule has 0 bridgehead atoms. The summed E-state index contributed by atoms with van der Waals surface area (Å²) in [5, 5.41) is 11.6. The number of nitrogens with zero attached hydrogens (tertiary/aromatic N) is 1. The van der Waals surface area contributed by atoms with Crippen LogP contribution in [0.3, 0.4) is 0 Å². The van der Waals surface area contributed by atoms with Gasteiger partial charge in [-0.1, -0.05) is 17.7 Å². The monoisotopic (exact) mass is 250 g/mol. The lowest BCUT2D eigenvalue weighted by atomic mass is 10.1. The maximum Gasteiger partial charge on any atom is 0.238 e. The molecule has 0 aliphatic rings. The third kappa shape index (κ3) is 4.85. The predicted octanol–water partition coefficient (Wildman–Crippen LogP) is 1.56. The third-order valence-electron chi connectivity index (χ3n) is 2.77. The first kappa shape index (κ1) is 14.7. The molecular formula is C14H22N2O2. The van der Waals surface area contributed by atoms with Crippen molar-refractivity contribution in [1.82, 2.24) is 4.90 Å². The summed E-state index contributed by atoms with van der Waals surface area (Å²) >= 11 is 0. The van der Waals surface area contributed by atoms with Crippen molar-refractivity contribution < 1.29 is 9.90 Å². The quantitative estimate of drug-likeness (QED) is 0.805. The number of aliphatic hydroxyl groups is 1. The molecule has 0 fully saturated rings. The minimum absolute atomic E-state index is 0.0256. The molecule has 4 nitrogen and oxygen atoms in total. The fourth-order valence-electron chi connectivity index (χ4n) is 1.81. The average molecular weight is 250 g/mol. The van der Waals surface area contributed by atoms with Gasteiger partial charge in [-0.2, -0.15) is 0 Å². The third-order valence-corrected chi connectivity index (χ3v) is 2.77. The summed E-state index contributed by atoms with van der Waals surface area (Å²) in [5.74, 6) is -0.0256. The Kier molecular flexibility index (Phi) is 5.82. The van der Waals surface area contributed by atoms with Gasteiger partial charge in [0.1, 0.15) is 0 Å². The van der Waals surface area contributed by atoms with Crippen molar-refractivity contribution in [1.29, 1.82) is 0 Å². The summed E-state index contributed by atoms with van der Waals surface area (Å²) in [7, 11) is 1.87. The number of carbonyl (C=O) groups is 1. The van der Waals surface area contributed by atoms with E-state index >= 15 is 0 Å². The Morgan fingerprint density at radius 2 is 2.11 bits per heavy atom. The molecular weight excluding hydrogens is 228 g/mol. The standard InChI is InChI=1S/C14H22N2O2/c1-11-5-6-13(12(2)9-11)15-14(18)10-16(3)7-4-8-17/h5-6,9,17H,4,7-8,10H2,1-3H3,(H,15,18). The van der Waals surface area contributed by atoms with Gasteiger partial charge in [-0.3, -0.25) is 9.69 Å². The lowest BCUT2D eigenvalue weighted by molar-refractivity contribution is -0.117. The highest BCUT2D eigenvalue weighted by atomic mass is 16.3. The van der Waals surface area contributed by atoms with Crippen LogP contribution in [0.1, 0.15) is 17.5 Å². The van der Waals surface area contributed by atoms with Gasteiger partial charge in [0.05, 0.1) is 6.54 Å². The fourth-order valence-corrected chi connectivity index (χ4v) is 1.81. The van der Waals surface area contributed by atoms with Crippen molar-refractivity contribution in [3.05, 3.63) is 29.3 Å². The number of rotatable bonds is 6. The molecule has 0 aliphatic heterocycles. The van der Waals surface area contributed by atoms with E-state index in [1.54, 1.807) is 0 Å². The zero-order valence-electron chi connectivity index (χ0n) is 11.4. The number of likely N-dealkylation sites (N-methyl/N-ethyl adjacent to an activating group) is 1. The molecule has 0 saturated heterocycles. The second-order valence-corrected chi connectivity index (χ2v) is 4.68. The molecule has 0 aliphatic carbocycles. The van der Waals surface area contributed by atoms with Crippen LogP contribution in [-0.4, -0.2) is 42.7 Å². The van der Waals surface area contributed by atoms with Gasteiger partial charge in [0.25, 0.3) is 0 Å². The fraction of sp³-hybridized carbons (Fsp3) is 0.500.